The van der Waals surface area contributed by atoms with Crippen molar-refractivity contribution < 1.29 is 19.0 Å². The van der Waals surface area contributed by atoms with Crippen LogP contribution in [0.25, 0.3) is 0 Å². The van der Waals surface area contributed by atoms with Crippen LogP contribution < -0.4 is 19.9 Å². The molecule has 1 heterocycles. The highest BCUT2D eigenvalue weighted by Crippen LogP contribution is 2.35. The highest BCUT2D eigenvalue weighted by atomic mass is 16.7. The molecule has 2 rings (SSSR count). The minimum Gasteiger partial charge on any atom is -0.493 e. The number of nitrogens with zero attached hydrogens (tertiary/aromatic N) is 1. The van der Waals surface area contributed by atoms with Gasteiger partial charge in [0.1, 0.15) is 5.75 Å². The van der Waals surface area contributed by atoms with E-state index < -0.39 is 0 Å². The Kier molecular flexibility index (Phi) is 4.46. The van der Waals surface area contributed by atoms with E-state index in [2.05, 4.69) is 0 Å². The minimum absolute atomic E-state index is 0.261. The number of nitrogens with two attached hydrogens (primary N) is 1. The Labute approximate surface area is 112 Å². The Hall–Kier alpha value is -1.95. The fourth-order valence-electron chi connectivity index (χ4n) is 1.84. The van der Waals surface area contributed by atoms with Crippen molar-refractivity contribution in [2.75, 3.05) is 33.5 Å². The number of hydrogen-bond donors (Lipinski definition) is 1. The summed E-state index contributed by atoms with van der Waals surface area (Å²) in [5.74, 6) is 1.89. The van der Waals surface area contributed by atoms with Crippen LogP contribution >= 0.6 is 0 Å². The van der Waals surface area contributed by atoms with Crippen LogP contribution in [-0.2, 0) is 4.79 Å². The molecule has 0 saturated carbocycles. The van der Waals surface area contributed by atoms with E-state index >= 15 is 0 Å². The molecule has 0 bridgehead atoms. The van der Waals surface area contributed by atoms with Crippen LogP contribution in [0.4, 0.5) is 0 Å². The fourth-order valence-corrected chi connectivity index (χ4v) is 1.84. The van der Waals surface area contributed by atoms with Gasteiger partial charge in [-0.1, -0.05) is 0 Å². The summed E-state index contributed by atoms with van der Waals surface area (Å²) in [5, 5.41) is 0. The van der Waals surface area contributed by atoms with Crippen molar-refractivity contribution in [3.05, 3.63) is 18.2 Å². The van der Waals surface area contributed by atoms with Gasteiger partial charge in [0.25, 0.3) is 0 Å². The van der Waals surface area contributed by atoms with E-state index in [1.807, 2.05) is 30.1 Å². The van der Waals surface area contributed by atoms with E-state index in [-0.39, 0.29) is 19.2 Å². The third-order valence-corrected chi connectivity index (χ3v) is 2.72. The maximum absolute atomic E-state index is 10.7. The molecule has 0 atom stereocenters. The summed E-state index contributed by atoms with van der Waals surface area (Å²) in [6, 6.07) is 5.49. The molecule has 0 aromatic heterocycles. The van der Waals surface area contributed by atoms with Gasteiger partial charge in [0.05, 0.1) is 13.2 Å². The maximum Gasteiger partial charge on any atom is 0.231 e. The molecule has 0 radical (unpaired) electrons. The van der Waals surface area contributed by atoms with Crippen LogP contribution in [0.5, 0.6) is 17.2 Å². The number of fused-ring (bicyclic) bond motifs is 1. The molecule has 0 aliphatic carbocycles. The van der Waals surface area contributed by atoms with Gasteiger partial charge < -0.3 is 19.9 Å². The molecule has 19 heavy (non-hydrogen) atoms. The lowest BCUT2D eigenvalue weighted by atomic mass is 10.3. The number of rotatable bonds is 7. The number of likely N-dealkylation sites (N-methyl/N-ethyl adjacent to an activating group) is 1. The monoisotopic (exact) mass is 266 g/mol. The molecule has 1 aromatic carbocycles. The Morgan fingerprint density at radius 2 is 2.21 bits per heavy atom. The lowest BCUT2D eigenvalue weighted by Crippen LogP contribution is -2.31. The predicted molar refractivity (Wildman–Crippen MR) is 69.4 cm³/mol. The van der Waals surface area contributed by atoms with Gasteiger partial charge in [0, 0.05) is 12.6 Å². The van der Waals surface area contributed by atoms with E-state index in [1.165, 1.54) is 0 Å². The first kappa shape index (κ1) is 13.5. The van der Waals surface area contributed by atoms with Gasteiger partial charge in [0.2, 0.25) is 12.7 Å². The van der Waals surface area contributed by atoms with Crippen molar-refractivity contribution in [1.29, 1.82) is 0 Å². The maximum atomic E-state index is 10.7. The van der Waals surface area contributed by atoms with E-state index in [4.69, 9.17) is 19.9 Å². The number of hydrogen-bond acceptors (Lipinski definition) is 5. The van der Waals surface area contributed by atoms with E-state index in [0.717, 1.165) is 24.5 Å². The summed E-state index contributed by atoms with van der Waals surface area (Å²) in [6.45, 7) is 1.86. The summed E-state index contributed by atoms with van der Waals surface area (Å²) in [7, 11) is 1.85. The number of amides is 1. The molecule has 0 spiro atoms. The Bertz CT molecular complexity index is 450. The van der Waals surface area contributed by atoms with Crippen molar-refractivity contribution >= 4 is 5.91 Å². The minimum atomic E-state index is -0.320. The Morgan fingerprint density at radius 1 is 1.42 bits per heavy atom. The normalized spacial score (nSPS) is 12.7. The van der Waals surface area contributed by atoms with Crippen molar-refractivity contribution in [3.8, 4) is 17.2 Å². The fraction of sp³-hybridized carbons (Fsp3) is 0.462. The summed E-state index contributed by atoms with van der Waals surface area (Å²) in [6.07, 6.45) is 0.818. The molecule has 6 nitrogen and oxygen atoms in total. The molecule has 0 saturated heterocycles. The molecular formula is C13H18N2O4. The summed E-state index contributed by atoms with van der Waals surface area (Å²) in [4.78, 5) is 12.6. The van der Waals surface area contributed by atoms with E-state index in [9.17, 15) is 4.79 Å². The molecule has 1 amide bonds. The first-order valence-electron chi connectivity index (χ1n) is 6.14. The van der Waals surface area contributed by atoms with Gasteiger partial charge in [0.15, 0.2) is 11.5 Å². The zero-order chi connectivity index (χ0) is 13.7. The second-order valence-electron chi connectivity index (χ2n) is 4.42. The van der Waals surface area contributed by atoms with Crippen molar-refractivity contribution in [2.45, 2.75) is 6.42 Å². The van der Waals surface area contributed by atoms with Crippen LogP contribution in [0, 0.1) is 0 Å². The molecule has 1 aromatic rings. The molecule has 0 unspecified atom stereocenters. The Balaban J connectivity index is 1.70. The van der Waals surface area contributed by atoms with Crippen LogP contribution in [-0.4, -0.2) is 44.3 Å². The lowest BCUT2D eigenvalue weighted by Gasteiger charge is -2.14. The average Bonchev–Trinajstić information content (AvgIpc) is 2.81. The SMILES string of the molecule is CN(CCCOc1ccc2c(c1)OCO2)CC(N)=O. The van der Waals surface area contributed by atoms with Crippen LogP contribution in [0.2, 0.25) is 0 Å². The first-order chi connectivity index (χ1) is 9.15. The molecule has 1 aliphatic heterocycles. The molecule has 104 valence electrons. The highest BCUT2D eigenvalue weighted by Gasteiger charge is 2.13. The van der Waals surface area contributed by atoms with Gasteiger partial charge in [-0.3, -0.25) is 9.69 Å². The van der Waals surface area contributed by atoms with Gasteiger partial charge in [-0.2, -0.15) is 0 Å². The standard InChI is InChI=1S/C13H18N2O4/c1-15(8-13(14)16)5-2-6-17-10-3-4-11-12(7-10)19-9-18-11/h3-4,7H,2,5-6,8-9H2,1H3,(H2,14,16). The number of carbonyl (C=O) groups excluding carboxylic acids is 1. The molecule has 2 N–H and O–H groups in total. The summed E-state index contributed by atoms with van der Waals surface area (Å²) < 4.78 is 16.1. The second kappa shape index (κ2) is 6.29. The second-order valence-corrected chi connectivity index (χ2v) is 4.42. The van der Waals surface area contributed by atoms with Crippen LogP contribution in [0.1, 0.15) is 6.42 Å². The molecular weight excluding hydrogens is 248 g/mol. The van der Waals surface area contributed by atoms with Gasteiger partial charge in [-0.25, -0.2) is 0 Å². The first-order valence-corrected chi connectivity index (χ1v) is 6.14. The molecule has 0 fully saturated rings. The predicted octanol–water partition coefficient (Wildman–Crippen LogP) is 0.601. The Morgan fingerprint density at radius 3 is 3.00 bits per heavy atom. The topological polar surface area (TPSA) is 74.0 Å². The van der Waals surface area contributed by atoms with Crippen LogP contribution in [0.3, 0.4) is 0 Å². The number of carbonyl (C=O) groups is 1. The molecule has 6 heteroatoms. The lowest BCUT2D eigenvalue weighted by molar-refractivity contribution is -0.118. The number of primary amides is 1. The average molecular weight is 266 g/mol. The largest absolute Gasteiger partial charge is 0.493 e. The molecule has 1 aliphatic rings. The van der Waals surface area contributed by atoms with Gasteiger partial charge in [-0.05, 0) is 25.6 Å². The summed E-state index contributed by atoms with van der Waals surface area (Å²) >= 11 is 0. The van der Waals surface area contributed by atoms with Crippen molar-refractivity contribution in [1.82, 2.24) is 4.90 Å². The quantitative estimate of drug-likeness (QED) is 0.732. The zero-order valence-corrected chi connectivity index (χ0v) is 10.9. The zero-order valence-electron chi connectivity index (χ0n) is 10.9. The number of benzene rings is 1. The third kappa shape index (κ3) is 4.03. The van der Waals surface area contributed by atoms with E-state index in [0.29, 0.717) is 12.4 Å². The smallest absolute Gasteiger partial charge is 0.231 e. The highest BCUT2D eigenvalue weighted by molar-refractivity contribution is 5.75. The van der Waals surface area contributed by atoms with Crippen LogP contribution in [0.15, 0.2) is 18.2 Å². The summed E-state index contributed by atoms with van der Waals surface area (Å²) in [5.41, 5.74) is 5.10. The van der Waals surface area contributed by atoms with Gasteiger partial charge in [-0.15, -0.1) is 0 Å². The van der Waals surface area contributed by atoms with Crippen molar-refractivity contribution in [2.24, 2.45) is 5.73 Å². The third-order valence-electron chi connectivity index (χ3n) is 2.72. The van der Waals surface area contributed by atoms with Gasteiger partial charge >= 0.3 is 0 Å². The van der Waals surface area contributed by atoms with E-state index in [1.54, 1.807) is 0 Å². The number of ether oxygens (including phenoxy) is 3. The van der Waals surface area contributed by atoms with Crippen molar-refractivity contribution in [3.63, 3.8) is 0 Å².